The van der Waals surface area contributed by atoms with Crippen molar-refractivity contribution in [1.82, 2.24) is 5.43 Å². The minimum atomic E-state index is -0.501. The van der Waals surface area contributed by atoms with E-state index in [1.807, 2.05) is 43.4 Å². The highest BCUT2D eigenvalue weighted by Crippen LogP contribution is 2.28. The van der Waals surface area contributed by atoms with E-state index < -0.39 is 5.82 Å². The van der Waals surface area contributed by atoms with Gasteiger partial charge >= 0.3 is 0 Å². The van der Waals surface area contributed by atoms with Gasteiger partial charge in [0.15, 0.2) is 6.29 Å². The Bertz CT molecular complexity index is 762. The van der Waals surface area contributed by atoms with Gasteiger partial charge in [-0.1, -0.05) is 20.8 Å². The lowest BCUT2D eigenvalue weighted by Gasteiger charge is -2.20. The number of carbonyl (C=O) groups excluding carboxylic acids is 2. The van der Waals surface area contributed by atoms with Gasteiger partial charge in [0.2, 0.25) is 6.41 Å². The topological polar surface area (TPSA) is 82.4 Å². The van der Waals surface area contributed by atoms with Crippen LogP contribution in [0.4, 0.5) is 4.39 Å². The maximum absolute atomic E-state index is 14.7. The molecule has 1 rings (SSSR count). The van der Waals surface area contributed by atoms with Gasteiger partial charge in [-0.2, -0.15) is 5.10 Å². The highest BCUT2D eigenvalue weighted by molar-refractivity contribution is 14.1. The van der Waals surface area contributed by atoms with E-state index in [-0.39, 0.29) is 16.6 Å². The Balaban J connectivity index is 3.61. The average Bonchev–Trinajstić information content (AvgIpc) is 2.53. The molecule has 0 saturated heterocycles. The molecule has 0 heterocycles. The van der Waals surface area contributed by atoms with Crippen LogP contribution in [-0.4, -0.2) is 25.1 Å². The van der Waals surface area contributed by atoms with Crippen LogP contribution in [0, 0.1) is 11.2 Å². The number of aldehydes is 1. The van der Waals surface area contributed by atoms with Crippen molar-refractivity contribution in [1.29, 1.82) is 5.41 Å². The number of amides is 1. The second-order valence-corrected chi connectivity index (χ2v) is 7.28. The lowest BCUT2D eigenvalue weighted by molar-refractivity contribution is -0.109. The first-order valence-electron chi connectivity index (χ1n) is 7.34. The molecule has 1 aromatic carbocycles. The Hall–Kier alpha value is -2.16. The average molecular weight is 455 g/mol. The van der Waals surface area contributed by atoms with Crippen LogP contribution < -0.4 is 5.43 Å². The lowest BCUT2D eigenvalue weighted by Crippen LogP contribution is -2.13. The monoisotopic (exact) mass is 455 g/mol. The molecule has 0 aliphatic carbocycles. The van der Waals surface area contributed by atoms with E-state index in [0.29, 0.717) is 21.8 Å². The van der Waals surface area contributed by atoms with Crippen molar-refractivity contribution >= 4 is 53.8 Å². The van der Waals surface area contributed by atoms with Crippen LogP contribution >= 0.6 is 22.6 Å². The SMILES string of the molecule is CC(C)(C)c1cc(F)c(/C=C(C=O)/C(I)=C\C=N)c(/C=N\NC=O)c1. The molecular weight excluding hydrogens is 436 g/mol. The van der Waals surface area contributed by atoms with Crippen molar-refractivity contribution in [3.8, 4) is 0 Å². The molecule has 0 bridgehead atoms. The van der Waals surface area contributed by atoms with Gasteiger partial charge in [-0.25, -0.2) is 9.82 Å². The number of hydrogen-bond donors (Lipinski definition) is 2. The fourth-order valence-electron chi connectivity index (χ4n) is 1.95. The van der Waals surface area contributed by atoms with Crippen LogP contribution in [-0.2, 0) is 15.0 Å². The zero-order valence-electron chi connectivity index (χ0n) is 14.1. The minimum Gasteiger partial charge on any atom is -0.309 e. The van der Waals surface area contributed by atoms with Gasteiger partial charge in [-0.05, 0) is 57.9 Å². The van der Waals surface area contributed by atoms with Gasteiger partial charge in [0.05, 0.1) is 6.21 Å². The number of rotatable bonds is 7. The molecule has 0 aliphatic rings. The standard InChI is InChI=1S/C18H19FIN3O2/c1-18(2,3)14-6-12(9-22-23-11-25)15(16(19)8-14)7-13(10-24)17(20)4-5-21/h4-11,21H,1-3H3,(H,23,25)/b13-7+,17-4+,21-5?,22-9-. The van der Waals surface area contributed by atoms with E-state index in [1.165, 1.54) is 24.4 Å². The molecule has 7 heteroatoms. The minimum absolute atomic E-state index is 0.180. The first kappa shape index (κ1) is 20.9. The Morgan fingerprint density at radius 2 is 2.00 bits per heavy atom. The summed E-state index contributed by atoms with van der Waals surface area (Å²) in [5.74, 6) is -0.501. The summed E-state index contributed by atoms with van der Waals surface area (Å²) in [6, 6.07) is 3.19. The van der Waals surface area contributed by atoms with Crippen molar-refractivity contribution in [2.45, 2.75) is 26.2 Å². The summed E-state index contributed by atoms with van der Waals surface area (Å²) in [5, 5.41) is 10.8. The second kappa shape index (κ2) is 9.36. The van der Waals surface area contributed by atoms with E-state index in [0.717, 1.165) is 11.8 Å². The molecule has 0 unspecified atom stereocenters. The normalized spacial score (nSPS) is 13.0. The number of carbonyl (C=O) groups is 2. The number of allylic oxidation sites excluding steroid dienone is 3. The number of nitrogens with zero attached hydrogens (tertiary/aromatic N) is 1. The molecule has 132 valence electrons. The van der Waals surface area contributed by atoms with Crippen LogP contribution in [0.5, 0.6) is 0 Å². The second-order valence-electron chi connectivity index (χ2n) is 6.11. The largest absolute Gasteiger partial charge is 0.309 e. The molecule has 2 N–H and O–H groups in total. The Labute approximate surface area is 159 Å². The summed E-state index contributed by atoms with van der Waals surface area (Å²) in [4.78, 5) is 21.7. The van der Waals surface area contributed by atoms with E-state index in [1.54, 1.807) is 6.07 Å². The maximum Gasteiger partial charge on any atom is 0.227 e. The highest BCUT2D eigenvalue weighted by atomic mass is 127. The Morgan fingerprint density at radius 3 is 2.52 bits per heavy atom. The quantitative estimate of drug-likeness (QED) is 0.164. The van der Waals surface area contributed by atoms with E-state index >= 15 is 0 Å². The van der Waals surface area contributed by atoms with E-state index in [4.69, 9.17) is 5.41 Å². The number of hydrogen-bond acceptors (Lipinski definition) is 4. The number of nitrogens with one attached hydrogen (secondary N) is 2. The predicted octanol–water partition coefficient (Wildman–Crippen LogP) is 3.75. The smallest absolute Gasteiger partial charge is 0.227 e. The summed E-state index contributed by atoms with van der Waals surface area (Å²) in [7, 11) is 0. The summed E-state index contributed by atoms with van der Waals surface area (Å²) in [6.45, 7) is 5.86. The molecule has 0 radical (unpaired) electrons. The van der Waals surface area contributed by atoms with E-state index in [2.05, 4.69) is 10.5 Å². The molecule has 1 aromatic rings. The van der Waals surface area contributed by atoms with Crippen molar-refractivity contribution in [3.63, 3.8) is 0 Å². The van der Waals surface area contributed by atoms with Gasteiger partial charge in [-0.3, -0.25) is 9.59 Å². The molecule has 0 aromatic heterocycles. The number of halogens is 2. The van der Waals surface area contributed by atoms with Gasteiger partial charge in [-0.15, -0.1) is 0 Å². The molecule has 1 amide bonds. The first-order valence-corrected chi connectivity index (χ1v) is 8.42. The van der Waals surface area contributed by atoms with Crippen molar-refractivity contribution < 1.29 is 14.0 Å². The number of hydrazone groups is 1. The third kappa shape index (κ3) is 6.00. The van der Waals surface area contributed by atoms with Crippen molar-refractivity contribution in [2.24, 2.45) is 5.10 Å². The number of benzene rings is 1. The van der Waals surface area contributed by atoms with E-state index in [9.17, 15) is 14.0 Å². The maximum atomic E-state index is 14.7. The van der Waals surface area contributed by atoms with Crippen LogP contribution in [0.15, 0.2) is 32.5 Å². The molecule has 0 atom stereocenters. The van der Waals surface area contributed by atoms with Gasteiger partial charge < -0.3 is 5.41 Å². The van der Waals surface area contributed by atoms with Gasteiger partial charge in [0.25, 0.3) is 0 Å². The zero-order chi connectivity index (χ0) is 19.0. The summed E-state index contributed by atoms with van der Waals surface area (Å²) >= 11 is 1.90. The summed E-state index contributed by atoms with van der Waals surface area (Å²) in [6.07, 6.45) is 6.22. The molecule has 5 nitrogen and oxygen atoms in total. The highest BCUT2D eigenvalue weighted by Gasteiger charge is 2.18. The van der Waals surface area contributed by atoms with Crippen LogP contribution in [0.25, 0.3) is 6.08 Å². The Morgan fingerprint density at radius 1 is 1.32 bits per heavy atom. The predicted molar refractivity (Wildman–Crippen MR) is 107 cm³/mol. The molecular formula is C18H19FIN3O2. The van der Waals surface area contributed by atoms with Gasteiger partial charge in [0, 0.05) is 26.5 Å². The summed E-state index contributed by atoms with van der Waals surface area (Å²) in [5.41, 5.74) is 3.46. The van der Waals surface area contributed by atoms with Crippen LogP contribution in [0.2, 0.25) is 0 Å². The molecule has 0 fully saturated rings. The Kier molecular flexibility index (Phi) is 7.82. The summed E-state index contributed by atoms with van der Waals surface area (Å²) < 4.78 is 15.2. The fraction of sp³-hybridized carbons (Fsp3) is 0.222. The molecule has 0 saturated carbocycles. The molecule has 0 aliphatic heterocycles. The van der Waals surface area contributed by atoms with Crippen LogP contribution in [0.1, 0.15) is 37.5 Å². The lowest BCUT2D eigenvalue weighted by atomic mass is 9.85. The first-order chi connectivity index (χ1) is 11.7. The third-order valence-corrected chi connectivity index (χ3v) is 4.27. The van der Waals surface area contributed by atoms with Crippen molar-refractivity contribution in [2.75, 3.05) is 0 Å². The van der Waals surface area contributed by atoms with Gasteiger partial charge in [0.1, 0.15) is 5.82 Å². The van der Waals surface area contributed by atoms with Crippen LogP contribution in [0.3, 0.4) is 0 Å². The van der Waals surface area contributed by atoms with Crippen molar-refractivity contribution in [3.05, 3.63) is 49.9 Å². The fourth-order valence-corrected chi connectivity index (χ4v) is 2.42. The molecule has 0 spiro atoms. The molecule has 25 heavy (non-hydrogen) atoms. The third-order valence-electron chi connectivity index (χ3n) is 3.29. The zero-order valence-corrected chi connectivity index (χ0v) is 16.3.